The van der Waals surface area contributed by atoms with E-state index in [0.717, 1.165) is 9.87 Å². The van der Waals surface area contributed by atoms with Gasteiger partial charge in [-0.1, -0.05) is 59.6 Å². The van der Waals surface area contributed by atoms with Crippen molar-refractivity contribution in [3.8, 4) is 0 Å². The summed E-state index contributed by atoms with van der Waals surface area (Å²) in [6.07, 6.45) is 0. The first-order chi connectivity index (χ1) is 19.1. The first-order valence-corrected chi connectivity index (χ1v) is 14.1. The standard InChI is InChI=1S/C30H27ClN4O4S/c1-21-11-17-28(18-12-21)40(38,39)35(27-15-13-25(31)14-16-27)20-29(36)34-33-22(2)24-9-6-10-26(19-24)32-30(37)23-7-4-3-5-8-23/h3-19H,20H2,1-2H3,(H,32,37)(H,34,36)/b33-22-. The highest BCUT2D eigenvalue weighted by molar-refractivity contribution is 7.92. The summed E-state index contributed by atoms with van der Waals surface area (Å²) in [6, 6.07) is 28.4. The van der Waals surface area contributed by atoms with Crippen molar-refractivity contribution in [2.24, 2.45) is 5.10 Å². The van der Waals surface area contributed by atoms with Crippen molar-refractivity contribution in [2.45, 2.75) is 18.7 Å². The maximum Gasteiger partial charge on any atom is 0.264 e. The van der Waals surface area contributed by atoms with Crippen LogP contribution in [0, 0.1) is 6.92 Å². The number of nitrogens with zero attached hydrogens (tertiary/aromatic N) is 2. The Morgan fingerprint density at radius 2 is 1.50 bits per heavy atom. The molecule has 0 aliphatic carbocycles. The summed E-state index contributed by atoms with van der Waals surface area (Å²) in [4.78, 5) is 25.5. The maximum atomic E-state index is 13.5. The largest absolute Gasteiger partial charge is 0.322 e. The number of carbonyl (C=O) groups excluding carboxylic acids is 2. The van der Waals surface area contributed by atoms with Crippen molar-refractivity contribution in [3.05, 3.63) is 125 Å². The number of nitrogens with one attached hydrogen (secondary N) is 2. The molecule has 0 bridgehead atoms. The van der Waals surface area contributed by atoms with Gasteiger partial charge >= 0.3 is 0 Å². The Balaban J connectivity index is 1.50. The summed E-state index contributed by atoms with van der Waals surface area (Å²) in [5.41, 5.74) is 5.83. The van der Waals surface area contributed by atoms with Gasteiger partial charge < -0.3 is 5.32 Å². The number of hydrogen-bond acceptors (Lipinski definition) is 5. The number of hydrogen-bond donors (Lipinski definition) is 2. The minimum absolute atomic E-state index is 0.0508. The normalized spacial score (nSPS) is 11.5. The quantitative estimate of drug-likeness (QED) is 0.199. The van der Waals surface area contributed by atoms with Crippen molar-refractivity contribution in [2.75, 3.05) is 16.2 Å². The van der Waals surface area contributed by atoms with Crippen LogP contribution in [0.3, 0.4) is 0 Å². The van der Waals surface area contributed by atoms with Crippen LogP contribution in [0.15, 0.2) is 113 Å². The summed E-state index contributed by atoms with van der Waals surface area (Å²) < 4.78 is 28.0. The molecule has 2 amide bonds. The van der Waals surface area contributed by atoms with E-state index in [9.17, 15) is 18.0 Å². The summed E-state index contributed by atoms with van der Waals surface area (Å²) in [7, 11) is -4.07. The van der Waals surface area contributed by atoms with Gasteiger partial charge in [0, 0.05) is 16.3 Å². The summed E-state index contributed by atoms with van der Waals surface area (Å²) in [5, 5.41) is 7.43. The smallest absolute Gasteiger partial charge is 0.264 e. The number of aryl methyl sites for hydroxylation is 1. The van der Waals surface area contributed by atoms with Crippen LogP contribution in [0.1, 0.15) is 28.4 Å². The molecule has 10 heteroatoms. The Labute approximate surface area is 238 Å². The van der Waals surface area contributed by atoms with E-state index in [0.29, 0.717) is 27.5 Å². The average Bonchev–Trinajstić information content (AvgIpc) is 2.96. The second kappa shape index (κ2) is 12.6. The number of hydrazone groups is 1. The molecular weight excluding hydrogens is 548 g/mol. The van der Waals surface area contributed by atoms with Gasteiger partial charge in [-0.15, -0.1) is 0 Å². The van der Waals surface area contributed by atoms with E-state index < -0.39 is 22.5 Å². The van der Waals surface area contributed by atoms with Crippen LogP contribution in [0.4, 0.5) is 11.4 Å². The molecule has 0 fully saturated rings. The molecule has 2 N–H and O–H groups in total. The minimum Gasteiger partial charge on any atom is -0.322 e. The molecule has 40 heavy (non-hydrogen) atoms. The van der Waals surface area contributed by atoms with E-state index >= 15 is 0 Å². The fourth-order valence-electron chi connectivity index (χ4n) is 3.75. The second-order valence-electron chi connectivity index (χ2n) is 8.93. The number of benzene rings is 4. The van der Waals surface area contributed by atoms with Crippen LogP contribution in [0.2, 0.25) is 5.02 Å². The molecule has 0 unspecified atom stereocenters. The van der Waals surface area contributed by atoms with E-state index in [1.54, 1.807) is 79.7 Å². The first-order valence-electron chi connectivity index (χ1n) is 12.3. The number of halogens is 1. The van der Waals surface area contributed by atoms with Gasteiger partial charge in [-0.2, -0.15) is 5.10 Å². The van der Waals surface area contributed by atoms with Crippen LogP contribution in [0.5, 0.6) is 0 Å². The van der Waals surface area contributed by atoms with E-state index in [1.165, 1.54) is 24.3 Å². The fourth-order valence-corrected chi connectivity index (χ4v) is 5.30. The molecule has 0 aliphatic heterocycles. The van der Waals surface area contributed by atoms with Crippen molar-refractivity contribution in [1.29, 1.82) is 0 Å². The lowest BCUT2D eigenvalue weighted by atomic mass is 10.1. The van der Waals surface area contributed by atoms with Gasteiger partial charge in [-0.3, -0.25) is 13.9 Å². The molecule has 4 rings (SSSR count). The highest BCUT2D eigenvalue weighted by Gasteiger charge is 2.27. The molecule has 0 saturated carbocycles. The Morgan fingerprint density at radius 1 is 0.850 bits per heavy atom. The van der Waals surface area contributed by atoms with Crippen LogP contribution in [-0.4, -0.2) is 32.5 Å². The van der Waals surface area contributed by atoms with Crippen LogP contribution < -0.4 is 15.0 Å². The third kappa shape index (κ3) is 7.13. The predicted octanol–water partition coefficient (Wildman–Crippen LogP) is 5.64. The van der Waals surface area contributed by atoms with Crippen molar-refractivity contribution < 1.29 is 18.0 Å². The molecule has 204 valence electrons. The number of amides is 2. The van der Waals surface area contributed by atoms with Gasteiger partial charge in [0.15, 0.2) is 0 Å². The molecule has 0 aromatic heterocycles. The Morgan fingerprint density at radius 3 is 2.17 bits per heavy atom. The van der Waals surface area contributed by atoms with Crippen LogP contribution >= 0.6 is 11.6 Å². The molecule has 0 radical (unpaired) electrons. The molecule has 0 aliphatic rings. The summed E-state index contributed by atoms with van der Waals surface area (Å²) in [6.45, 7) is 3.04. The molecular formula is C30H27ClN4O4S. The van der Waals surface area contributed by atoms with Gasteiger partial charge in [-0.05, 0) is 80.1 Å². The Bertz CT molecular complexity index is 1640. The molecule has 4 aromatic carbocycles. The van der Waals surface area contributed by atoms with E-state index in [4.69, 9.17) is 11.6 Å². The molecule has 8 nitrogen and oxygen atoms in total. The maximum absolute atomic E-state index is 13.5. The Hall–Kier alpha value is -4.47. The SMILES string of the molecule is C/C(=N/NC(=O)CN(c1ccc(Cl)cc1)S(=O)(=O)c1ccc(C)cc1)c1cccc(NC(=O)c2ccccc2)c1. The zero-order valence-electron chi connectivity index (χ0n) is 21.8. The molecule has 4 aromatic rings. The topological polar surface area (TPSA) is 108 Å². The summed E-state index contributed by atoms with van der Waals surface area (Å²) in [5.74, 6) is -0.892. The van der Waals surface area contributed by atoms with Gasteiger partial charge in [0.25, 0.3) is 21.8 Å². The number of anilines is 2. The molecule has 0 saturated heterocycles. The molecule has 0 heterocycles. The first kappa shape index (κ1) is 28.5. The van der Waals surface area contributed by atoms with Crippen LogP contribution in [0.25, 0.3) is 0 Å². The third-order valence-electron chi connectivity index (χ3n) is 5.93. The van der Waals surface area contributed by atoms with Crippen molar-refractivity contribution in [1.82, 2.24) is 5.43 Å². The number of sulfonamides is 1. The third-order valence-corrected chi connectivity index (χ3v) is 7.97. The fraction of sp³-hybridized carbons (Fsp3) is 0.100. The zero-order chi connectivity index (χ0) is 28.7. The second-order valence-corrected chi connectivity index (χ2v) is 11.2. The Kier molecular flexibility index (Phi) is 8.98. The van der Waals surface area contributed by atoms with Gasteiger partial charge in [-0.25, -0.2) is 13.8 Å². The molecule has 0 atom stereocenters. The van der Waals surface area contributed by atoms with Crippen LogP contribution in [-0.2, 0) is 14.8 Å². The highest BCUT2D eigenvalue weighted by atomic mass is 35.5. The molecule has 0 spiro atoms. The predicted molar refractivity (Wildman–Crippen MR) is 158 cm³/mol. The lowest BCUT2D eigenvalue weighted by Gasteiger charge is -2.24. The highest BCUT2D eigenvalue weighted by Crippen LogP contribution is 2.25. The lowest BCUT2D eigenvalue weighted by Crippen LogP contribution is -2.39. The number of carbonyl (C=O) groups is 2. The minimum atomic E-state index is -4.07. The average molecular weight is 575 g/mol. The van der Waals surface area contributed by atoms with Crippen molar-refractivity contribution in [3.63, 3.8) is 0 Å². The lowest BCUT2D eigenvalue weighted by molar-refractivity contribution is -0.119. The van der Waals surface area contributed by atoms with Gasteiger partial charge in [0.05, 0.1) is 16.3 Å². The summed E-state index contributed by atoms with van der Waals surface area (Å²) >= 11 is 6.00. The van der Waals surface area contributed by atoms with Gasteiger partial charge in [0.1, 0.15) is 6.54 Å². The van der Waals surface area contributed by atoms with E-state index in [1.807, 2.05) is 13.0 Å². The zero-order valence-corrected chi connectivity index (χ0v) is 23.4. The van der Waals surface area contributed by atoms with E-state index in [2.05, 4.69) is 15.8 Å². The number of rotatable bonds is 9. The van der Waals surface area contributed by atoms with Crippen molar-refractivity contribution >= 4 is 50.5 Å². The van der Waals surface area contributed by atoms with E-state index in [-0.39, 0.29) is 16.5 Å². The monoisotopic (exact) mass is 574 g/mol. The van der Waals surface area contributed by atoms with Gasteiger partial charge in [0.2, 0.25) is 0 Å².